The normalized spacial score (nSPS) is 13.0. The van der Waals surface area contributed by atoms with E-state index >= 15 is 0 Å². The van der Waals surface area contributed by atoms with Crippen LogP contribution in [0, 0.1) is 0 Å². The van der Waals surface area contributed by atoms with Gasteiger partial charge in [0.15, 0.2) is 6.10 Å². The van der Waals surface area contributed by atoms with Gasteiger partial charge in [-0.25, -0.2) is 0 Å². The van der Waals surface area contributed by atoms with Crippen LogP contribution in [0.2, 0.25) is 0 Å². The summed E-state index contributed by atoms with van der Waals surface area (Å²) in [5.41, 5.74) is 0. The van der Waals surface area contributed by atoms with E-state index in [1.54, 1.807) is 0 Å². The Hall–Kier alpha value is -1.67. The lowest BCUT2D eigenvalue weighted by Gasteiger charge is -2.18. The van der Waals surface area contributed by atoms with Gasteiger partial charge in [0.25, 0.3) is 0 Å². The maximum atomic E-state index is 12.7. The summed E-state index contributed by atoms with van der Waals surface area (Å²) in [7, 11) is 0. The van der Waals surface area contributed by atoms with Crippen LogP contribution in [0.25, 0.3) is 0 Å². The quantitative estimate of drug-likeness (QED) is 0.0355. The van der Waals surface area contributed by atoms with Crippen LogP contribution in [0.15, 0.2) is 0 Å². The number of aliphatic hydroxyl groups is 2. The van der Waals surface area contributed by atoms with Crippen molar-refractivity contribution in [2.45, 2.75) is 277 Å². The van der Waals surface area contributed by atoms with Gasteiger partial charge in [0.2, 0.25) is 0 Å². The summed E-state index contributed by atoms with van der Waals surface area (Å²) in [4.78, 5) is 37.8. The van der Waals surface area contributed by atoms with Gasteiger partial charge < -0.3 is 24.4 Å². The Kier molecular flexibility index (Phi) is 41.6. The Morgan fingerprint density at radius 2 is 0.661 bits per heavy atom. The van der Waals surface area contributed by atoms with E-state index in [1.807, 2.05) is 6.92 Å². The molecule has 0 aliphatic heterocycles. The third kappa shape index (κ3) is 39.2. The van der Waals surface area contributed by atoms with E-state index in [0.29, 0.717) is 32.1 Å². The Bertz CT molecular complexity index is 864. The van der Waals surface area contributed by atoms with Gasteiger partial charge in [-0.2, -0.15) is 0 Å². The molecule has 3 unspecified atom stereocenters. The minimum atomic E-state index is -0.807. The molecule has 8 nitrogen and oxygen atoms in total. The summed E-state index contributed by atoms with van der Waals surface area (Å²) in [6.45, 7) is 6.15. The molecule has 0 aromatic rings. The van der Waals surface area contributed by atoms with E-state index in [-0.39, 0.29) is 37.5 Å². The van der Waals surface area contributed by atoms with Crippen molar-refractivity contribution in [3.63, 3.8) is 0 Å². The Labute approximate surface area is 345 Å². The van der Waals surface area contributed by atoms with Gasteiger partial charge in [-0.3, -0.25) is 14.4 Å². The molecule has 3 atom stereocenters. The van der Waals surface area contributed by atoms with Crippen LogP contribution in [0.5, 0.6) is 0 Å². The van der Waals surface area contributed by atoms with Crippen molar-refractivity contribution in [1.29, 1.82) is 0 Å². The Morgan fingerprint density at radius 1 is 0.375 bits per heavy atom. The second-order valence-electron chi connectivity index (χ2n) is 16.7. The van der Waals surface area contributed by atoms with E-state index in [0.717, 1.165) is 64.2 Å². The SMILES string of the molecule is CCCCCCCCCCCCCCCCC(=O)OCC(COC(=O)CCCCCCCC(O)C(O)CC)OC(=O)CCCCCCCCCCCCCCC. The first-order valence-electron chi connectivity index (χ1n) is 24.2. The first-order valence-corrected chi connectivity index (χ1v) is 24.2. The van der Waals surface area contributed by atoms with Gasteiger partial charge in [0.05, 0.1) is 12.2 Å². The summed E-state index contributed by atoms with van der Waals surface area (Å²) in [6.07, 6.45) is 37.8. The fourth-order valence-corrected chi connectivity index (χ4v) is 7.25. The van der Waals surface area contributed by atoms with Gasteiger partial charge in [-0.1, -0.05) is 207 Å². The van der Waals surface area contributed by atoms with Crippen molar-refractivity contribution in [1.82, 2.24) is 0 Å². The van der Waals surface area contributed by atoms with Crippen molar-refractivity contribution in [2.24, 2.45) is 0 Å². The topological polar surface area (TPSA) is 119 Å². The number of ether oxygens (including phenoxy) is 3. The second-order valence-corrected chi connectivity index (χ2v) is 16.7. The molecule has 0 rings (SSSR count). The predicted molar refractivity (Wildman–Crippen MR) is 232 cm³/mol. The zero-order chi connectivity index (χ0) is 41.2. The zero-order valence-corrected chi connectivity index (χ0v) is 37.2. The number of hydrogen-bond acceptors (Lipinski definition) is 8. The lowest BCUT2D eigenvalue weighted by atomic mass is 10.0. The number of hydrogen-bond donors (Lipinski definition) is 2. The maximum Gasteiger partial charge on any atom is 0.306 e. The molecule has 2 N–H and O–H groups in total. The first-order chi connectivity index (χ1) is 27.3. The first kappa shape index (κ1) is 54.3. The molecular formula is C48H92O8. The number of carbonyl (C=O) groups is 3. The van der Waals surface area contributed by atoms with Crippen LogP contribution in [-0.4, -0.2) is 59.6 Å². The summed E-state index contributed by atoms with van der Waals surface area (Å²) in [5.74, 6) is -0.990. The van der Waals surface area contributed by atoms with Crippen LogP contribution in [0.4, 0.5) is 0 Å². The van der Waals surface area contributed by atoms with Crippen LogP contribution in [0.1, 0.15) is 258 Å². The second kappa shape index (κ2) is 42.9. The van der Waals surface area contributed by atoms with Gasteiger partial charge in [0, 0.05) is 19.3 Å². The number of esters is 3. The fraction of sp³-hybridized carbons (Fsp3) is 0.938. The Morgan fingerprint density at radius 3 is 0.982 bits per heavy atom. The van der Waals surface area contributed by atoms with Crippen molar-refractivity contribution in [2.75, 3.05) is 13.2 Å². The number of carbonyl (C=O) groups excluding carboxylic acids is 3. The van der Waals surface area contributed by atoms with E-state index in [1.165, 1.54) is 135 Å². The van der Waals surface area contributed by atoms with Crippen molar-refractivity contribution >= 4 is 17.9 Å². The van der Waals surface area contributed by atoms with Crippen LogP contribution < -0.4 is 0 Å². The van der Waals surface area contributed by atoms with Crippen LogP contribution >= 0.6 is 0 Å². The molecule has 0 saturated carbocycles. The van der Waals surface area contributed by atoms with Crippen molar-refractivity contribution in [3.8, 4) is 0 Å². The van der Waals surface area contributed by atoms with E-state index in [4.69, 9.17) is 14.2 Å². The molecule has 0 aromatic heterocycles. The van der Waals surface area contributed by atoms with Gasteiger partial charge in [0.1, 0.15) is 13.2 Å². The lowest BCUT2D eigenvalue weighted by molar-refractivity contribution is -0.167. The monoisotopic (exact) mass is 797 g/mol. The molecule has 332 valence electrons. The fourth-order valence-electron chi connectivity index (χ4n) is 7.25. The molecule has 0 radical (unpaired) electrons. The van der Waals surface area contributed by atoms with Gasteiger partial charge >= 0.3 is 17.9 Å². The van der Waals surface area contributed by atoms with E-state index in [9.17, 15) is 24.6 Å². The molecule has 0 saturated heterocycles. The average molecular weight is 797 g/mol. The summed E-state index contributed by atoms with van der Waals surface area (Å²) < 4.78 is 16.7. The molecule has 0 heterocycles. The van der Waals surface area contributed by atoms with Gasteiger partial charge in [-0.05, 0) is 32.1 Å². The average Bonchev–Trinajstić information content (AvgIpc) is 3.19. The standard InChI is InChI=1S/C48H92O8/c1-4-7-9-11-13-15-17-19-21-22-24-26-30-34-38-46(51)54-41-43(42-55-47(52)39-35-32-28-29-33-37-45(50)44(49)6-3)56-48(53)40-36-31-27-25-23-20-18-16-14-12-10-8-5-2/h43-45,49-50H,4-42H2,1-3H3. The maximum absolute atomic E-state index is 12.7. The zero-order valence-electron chi connectivity index (χ0n) is 37.2. The highest BCUT2D eigenvalue weighted by Gasteiger charge is 2.20. The van der Waals surface area contributed by atoms with Crippen molar-refractivity contribution in [3.05, 3.63) is 0 Å². The van der Waals surface area contributed by atoms with Crippen LogP contribution in [-0.2, 0) is 28.6 Å². The largest absolute Gasteiger partial charge is 0.462 e. The minimum absolute atomic E-state index is 0.104. The molecular weight excluding hydrogens is 705 g/mol. The van der Waals surface area contributed by atoms with Crippen LogP contribution in [0.3, 0.4) is 0 Å². The minimum Gasteiger partial charge on any atom is -0.462 e. The Balaban J connectivity index is 4.36. The molecule has 0 fully saturated rings. The summed E-state index contributed by atoms with van der Waals surface area (Å²) in [6, 6.07) is 0. The molecule has 56 heavy (non-hydrogen) atoms. The number of aliphatic hydroxyl groups excluding tert-OH is 2. The van der Waals surface area contributed by atoms with Gasteiger partial charge in [-0.15, -0.1) is 0 Å². The lowest BCUT2D eigenvalue weighted by Crippen LogP contribution is -2.30. The highest BCUT2D eigenvalue weighted by molar-refractivity contribution is 5.71. The molecule has 0 aromatic carbocycles. The highest BCUT2D eigenvalue weighted by Crippen LogP contribution is 2.16. The molecule has 0 aliphatic rings. The molecule has 0 aliphatic carbocycles. The molecule has 0 spiro atoms. The van der Waals surface area contributed by atoms with Crippen molar-refractivity contribution < 1.29 is 38.8 Å². The third-order valence-corrected chi connectivity index (χ3v) is 11.1. The molecule has 8 heteroatoms. The smallest absolute Gasteiger partial charge is 0.306 e. The number of unbranched alkanes of at least 4 members (excludes halogenated alkanes) is 29. The molecule has 0 bridgehead atoms. The highest BCUT2D eigenvalue weighted by atomic mass is 16.6. The number of rotatable bonds is 44. The van der Waals surface area contributed by atoms with E-state index < -0.39 is 18.3 Å². The summed E-state index contributed by atoms with van der Waals surface area (Å²) >= 11 is 0. The predicted octanol–water partition coefficient (Wildman–Crippen LogP) is 13.2. The molecule has 0 amide bonds. The van der Waals surface area contributed by atoms with E-state index in [2.05, 4.69) is 13.8 Å². The third-order valence-electron chi connectivity index (χ3n) is 11.1. The summed E-state index contributed by atoms with van der Waals surface area (Å²) in [5, 5.41) is 19.6.